The molecule has 1 amide bonds. The van der Waals surface area contributed by atoms with E-state index in [-0.39, 0.29) is 5.91 Å². The molecule has 0 bridgehead atoms. The van der Waals surface area contributed by atoms with E-state index < -0.39 is 0 Å². The van der Waals surface area contributed by atoms with Crippen LogP contribution in [-0.2, 0) is 4.74 Å². The second kappa shape index (κ2) is 8.55. The van der Waals surface area contributed by atoms with Gasteiger partial charge in [0.15, 0.2) is 0 Å². The molecular formula is C21H21ClN4O3. The molecule has 4 rings (SSSR count). The summed E-state index contributed by atoms with van der Waals surface area (Å²) in [6, 6.07) is 10.9. The highest BCUT2D eigenvalue weighted by atomic mass is 35.5. The van der Waals surface area contributed by atoms with Crippen molar-refractivity contribution in [2.45, 2.75) is 0 Å². The molecule has 0 radical (unpaired) electrons. The standard InChI is InChI=1S/C21H21ClN4O3/c1-28-19-13-18(26-6-2-3-7-26)17(22)12-16(19)21(27)24-20-5-4-15(14-23-20)25-8-10-29-11-9-25/h2-7,12-14H,8-11H2,1H3,(H,23,24,27). The smallest absolute Gasteiger partial charge is 0.260 e. The summed E-state index contributed by atoms with van der Waals surface area (Å²) in [6.45, 7) is 3.07. The van der Waals surface area contributed by atoms with Gasteiger partial charge >= 0.3 is 0 Å². The highest BCUT2D eigenvalue weighted by Gasteiger charge is 2.18. The summed E-state index contributed by atoms with van der Waals surface area (Å²) in [7, 11) is 1.52. The maximum Gasteiger partial charge on any atom is 0.260 e. The number of aromatic nitrogens is 2. The third kappa shape index (κ3) is 4.21. The molecule has 1 saturated heterocycles. The lowest BCUT2D eigenvalue weighted by atomic mass is 10.1. The number of halogens is 1. The van der Waals surface area contributed by atoms with Gasteiger partial charge in [-0.05, 0) is 30.3 Å². The maximum atomic E-state index is 12.8. The van der Waals surface area contributed by atoms with Crippen molar-refractivity contribution in [1.29, 1.82) is 0 Å². The summed E-state index contributed by atoms with van der Waals surface area (Å²) < 4.78 is 12.7. The summed E-state index contributed by atoms with van der Waals surface area (Å²) in [4.78, 5) is 19.4. The number of pyridine rings is 1. The molecule has 0 spiro atoms. The molecule has 1 aliphatic heterocycles. The van der Waals surface area contributed by atoms with E-state index in [9.17, 15) is 4.79 Å². The van der Waals surface area contributed by atoms with E-state index >= 15 is 0 Å². The van der Waals surface area contributed by atoms with Gasteiger partial charge in [0.2, 0.25) is 0 Å². The first-order valence-electron chi connectivity index (χ1n) is 9.26. The third-order valence-corrected chi connectivity index (χ3v) is 5.06. The molecule has 0 unspecified atom stereocenters. The lowest BCUT2D eigenvalue weighted by Gasteiger charge is -2.28. The molecular weight excluding hydrogens is 392 g/mol. The Morgan fingerprint density at radius 3 is 2.62 bits per heavy atom. The molecule has 1 N–H and O–H groups in total. The zero-order chi connectivity index (χ0) is 20.2. The molecule has 7 nitrogen and oxygen atoms in total. The number of anilines is 2. The quantitative estimate of drug-likeness (QED) is 0.693. The molecule has 8 heteroatoms. The van der Waals surface area contributed by atoms with E-state index in [1.807, 2.05) is 35.2 Å². The molecule has 1 aromatic carbocycles. The van der Waals surface area contributed by atoms with Gasteiger partial charge in [-0.25, -0.2) is 4.98 Å². The Bertz CT molecular complexity index is 984. The summed E-state index contributed by atoms with van der Waals surface area (Å²) in [5.41, 5.74) is 2.08. The van der Waals surface area contributed by atoms with Gasteiger partial charge in [0.25, 0.3) is 5.91 Å². The molecule has 2 aromatic heterocycles. The minimum absolute atomic E-state index is 0.338. The van der Waals surface area contributed by atoms with Crippen molar-refractivity contribution in [1.82, 2.24) is 9.55 Å². The first-order valence-corrected chi connectivity index (χ1v) is 9.64. The fraction of sp³-hybridized carbons (Fsp3) is 0.238. The van der Waals surface area contributed by atoms with Crippen molar-refractivity contribution in [3.63, 3.8) is 0 Å². The molecule has 3 heterocycles. The average Bonchev–Trinajstić information content (AvgIpc) is 3.29. The number of hydrogen-bond donors (Lipinski definition) is 1. The SMILES string of the molecule is COc1cc(-n2cccc2)c(Cl)cc1C(=O)Nc1ccc(N2CCOCC2)cn1. The van der Waals surface area contributed by atoms with Crippen LogP contribution in [0.4, 0.5) is 11.5 Å². The van der Waals surface area contributed by atoms with Crippen LogP contribution in [0.25, 0.3) is 5.69 Å². The van der Waals surface area contributed by atoms with E-state index in [0.717, 1.165) is 24.5 Å². The highest BCUT2D eigenvalue weighted by molar-refractivity contribution is 6.33. The van der Waals surface area contributed by atoms with Crippen molar-refractivity contribution >= 4 is 29.0 Å². The Morgan fingerprint density at radius 2 is 1.97 bits per heavy atom. The first-order chi connectivity index (χ1) is 14.2. The Hall–Kier alpha value is -3.03. The molecule has 1 aliphatic rings. The number of methoxy groups -OCH3 is 1. The average molecular weight is 413 g/mol. The molecule has 3 aromatic rings. The zero-order valence-corrected chi connectivity index (χ0v) is 16.7. The third-order valence-electron chi connectivity index (χ3n) is 4.76. The Morgan fingerprint density at radius 1 is 1.21 bits per heavy atom. The first kappa shape index (κ1) is 19.3. The van der Waals surface area contributed by atoms with Gasteiger partial charge in [-0.15, -0.1) is 0 Å². The van der Waals surface area contributed by atoms with E-state index in [1.54, 1.807) is 24.4 Å². The number of morpholine rings is 1. The number of amides is 1. The normalized spacial score (nSPS) is 13.9. The molecule has 0 aliphatic carbocycles. The van der Waals surface area contributed by atoms with Crippen molar-refractivity contribution < 1.29 is 14.3 Å². The second-order valence-corrected chi connectivity index (χ2v) is 6.96. The van der Waals surface area contributed by atoms with Crippen molar-refractivity contribution in [3.05, 3.63) is 65.6 Å². The van der Waals surface area contributed by atoms with Crippen LogP contribution in [0.3, 0.4) is 0 Å². The minimum atomic E-state index is -0.338. The van der Waals surface area contributed by atoms with E-state index in [0.29, 0.717) is 35.4 Å². The summed E-state index contributed by atoms with van der Waals surface area (Å²) in [6.07, 6.45) is 5.50. The van der Waals surface area contributed by atoms with Gasteiger partial charge in [-0.1, -0.05) is 11.6 Å². The Balaban J connectivity index is 1.52. The second-order valence-electron chi connectivity index (χ2n) is 6.55. The fourth-order valence-electron chi connectivity index (χ4n) is 3.23. The topological polar surface area (TPSA) is 68.6 Å². The van der Waals surface area contributed by atoms with Gasteiger partial charge < -0.3 is 24.3 Å². The summed E-state index contributed by atoms with van der Waals surface area (Å²) >= 11 is 6.42. The minimum Gasteiger partial charge on any atom is -0.496 e. The number of carbonyl (C=O) groups excluding carboxylic acids is 1. The number of rotatable bonds is 5. The van der Waals surface area contributed by atoms with Gasteiger partial charge in [0, 0.05) is 31.5 Å². The van der Waals surface area contributed by atoms with Gasteiger partial charge in [0.1, 0.15) is 11.6 Å². The molecule has 150 valence electrons. The highest BCUT2D eigenvalue weighted by Crippen LogP contribution is 2.30. The van der Waals surface area contributed by atoms with Gasteiger partial charge in [0.05, 0.1) is 48.5 Å². The number of ether oxygens (including phenoxy) is 2. The van der Waals surface area contributed by atoms with Gasteiger partial charge in [-0.2, -0.15) is 0 Å². The monoisotopic (exact) mass is 412 g/mol. The van der Waals surface area contributed by atoms with Crippen molar-refractivity contribution in [2.24, 2.45) is 0 Å². The van der Waals surface area contributed by atoms with E-state index in [4.69, 9.17) is 21.1 Å². The Kier molecular flexibility index (Phi) is 5.69. The van der Waals surface area contributed by atoms with Crippen LogP contribution >= 0.6 is 11.6 Å². The number of nitrogens with one attached hydrogen (secondary N) is 1. The lowest BCUT2D eigenvalue weighted by molar-refractivity contribution is 0.102. The number of carbonyl (C=O) groups is 1. The van der Waals surface area contributed by atoms with Crippen LogP contribution in [0.5, 0.6) is 5.75 Å². The predicted molar refractivity (Wildman–Crippen MR) is 113 cm³/mol. The largest absolute Gasteiger partial charge is 0.496 e. The van der Waals surface area contributed by atoms with Crippen molar-refractivity contribution in [2.75, 3.05) is 43.6 Å². The molecule has 0 saturated carbocycles. The molecule has 1 fully saturated rings. The van der Waals surface area contributed by atoms with E-state index in [2.05, 4.69) is 15.2 Å². The lowest BCUT2D eigenvalue weighted by Crippen LogP contribution is -2.36. The van der Waals surface area contributed by atoms with Crippen LogP contribution in [0, 0.1) is 0 Å². The number of hydrogen-bond acceptors (Lipinski definition) is 5. The Labute approximate surface area is 173 Å². The van der Waals surface area contributed by atoms with Crippen LogP contribution in [0.2, 0.25) is 5.02 Å². The number of nitrogens with zero attached hydrogens (tertiary/aromatic N) is 3. The van der Waals surface area contributed by atoms with Crippen LogP contribution in [-0.4, -0.2) is 48.9 Å². The van der Waals surface area contributed by atoms with E-state index in [1.165, 1.54) is 7.11 Å². The predicted octanol–water partition coefficient (Wildman–Crippen LogP) is 3.62. The zero-order valence-electron chi connectivity index (χ0n) is 16.0. The fourth-order valence-corrected chi connectivity index (χ4v) is 3.50. The number of benzene rings is 1. The van der Waals surface area contributed by atoms with Gasteiger partial charge in [-0.3, -0.25) is 4.79 Å². The molecule has 29 heavy (non-hydrogen) atoms. The molecule has 0 atom stereocenters. The summed E-state index contributed by atoms with van der Waals surface area (Å²) in [5, 5.41) is 3.25. The summed E-state index contributed by atoms with van der Waals surface area (Å²) in [5.74, 6) is 0.551. The van der Waals surface area contributed by atoms with Crippen LogP contribution in [0.1, 0.15) is 10.4 Å². The van der Waals surface area contributed by atoms with Crippen molar-refractivity contribution in [3.8, 4) is 11.4 Å². The van der Waals surface area contributed by atoms with Crippen LogP contribution < -0.4 is 15.0 Å². The van der Waals surface area contributed by atoms with Crippen LogP contribution in [0.15, 0.2) is 55.0 Å². The maximum absolute atomic E-state index is 12.8.